The molecule has 1 aromatic heterocycles. The zero-order valence-electron chi connectivity index (χ0n) is 12.9. The van der Waals surface area contributed by atoms with Gasteiger partial charge in [0.25, 0.3) is 0 Å². The van der Waals surface area contributed by atoms with Gasteiger partial charge in [0.05, 0.1) is 22.9 Å². The van der Waals surface area contributed by atoms with Crippen LogP contribution < -0.4 is 0 Å². The molecule has 0 fully saturated rings. The number of aromatic carboxylic acids is 1. The lowest BCUT2D eigenvalue weighted by atomic mass is 10.0. The number of carbonyl (C=O) groups is 1. The second kappa shape index (κ2) is 7.25. The molecule has 0 amide bonds. The van der Waals surface area contributed by atoms with Crippen molar-refractivity contribution in [2.75, 3.05) is 0 Å². The predicted molar refractivity (Wildman–Crippen MR) is 84.6 cm³/mol. The highest BCUT2D eigenvalue weighted by Gasteiger charge is 2.07. The lowest BCUT2D eigenvalue weighted by molar-refractivity contribution is 0.0697. The third-order valence-electron chi connectivity index (χ3n) is 3.80. The summed E-state index contributed by atoms with van der Waals surface area (Å²) >= 11 is 0. The van der Waals surface area contributed by atoms with Gasteiger partial charge in [-0.05, 0) is 30.5 Å². The molecule has 2 aromatic rings. The van der Waals surface area contributed by atoms with Crippen molar-refractivity contribution < 1.29 is 9.90 Å². The molecule has 114 valence electrons. The number of aromatic nitrogens is 2. The smallest absolute Gasteiger partial charge is 0.335 e. The molecule has 0 aliphatic rings. The molecule has 0 aliphatic carbocycles. The molecule has 21 heavy (non-hydrogen) atoms. The Morgan fingerprint density at radius 3 is 2.71 bits per heavy atom. The summed E-state index contributed by atoms with van der Waals surface area (Å²) in [6.07, 6.45) is 8.10. The van der Waals surface area contributed by atoms with Gasteiger partial charge in [-0.2, -0.15) is 0 Å². The van der Waals surface area contributed by atoms with Crippen LogP contribution in [0.3, 0.4) is 0 Å². The third-order valence-corrected chi connectivity index (χ3v) is 3.80. The van der Waals surface area contributed by atoms with Crippen molar-refractivity contribution >= 4 is 17.0 Å². The Morgan fingerprint density at radius 1 is 1.24 bits per heavy atom. The van der Waals surface area contributed by atoms with Gasteiger partial charge >= 0.3 is 5.97 Å². The van der Waals surface area contributed by atoms with Gasteiger partial charge in [0.2, 0.25) is 0 Å². The van der Waals surface area contributed by atoms with Gasteiger partial charge in [-0.25, -0.2) is 9.78 Å². The van der Waals surface area contributed by atoms with Gasteiger partial charge in [-0.1, -0.05) is 39.5 Å². The quantitative estimate of drug-likeness (QED) is 0.735. The van der Waals surface area contributed by atoms with E-state index < -0.39 is 5.97 Å². The van der Waals surface area contributed by atoms with E-state index in [0.717, 1.165) is 29.9 Å². The highest BCUT2D eigenvalue weighted by molar-refractivity contribution is 5.92. The highest BCUT2D eigenvalue weighted by atomic mass is 16.4. The SMILES string of the molecule is CC(C)CCCCCCn1cnc2cc(C(=O)O)ccc21. The van der Waals surface area contributed by atoms with Crippen molar-refractivity contribution in [2.24, 2.45) is 5.92 Å². The Balaban J connectivity index is 1.87. The van der Waals surface area contributed by atoms with Crippen LogP contribution in [0.5, 0.6) is 0 Å². The molecular formula is C17H24N2O2. The fourth-order valence-corrected chi connectivity index (χ4v) is 2.56. The molecular weight excluding hydrogens is 264 g/mol. The van der Waals surface area contributed by atoms with Gasteiger partial charge in [0.1, 0.15) is 0 Å². The minimum Gasteiger partial charge on any atom is -0.478 e. The Bertz CT molecular complexity index is 602. The second-order valence-electron chi connectivity index (χ2n) is 6.04. The van der Waals surface area contributed by atoms with E-state index in [1.165, 1.54) is 25.7 Å². The first-order chi connectivity index (χ1) is 10.1. The van der Waals surface area contributed by atoms with E-state index in [9.17, 15) is 4.79 Å². The van der Waals surface area contributed by atoms with Crippen molar-refractivity contribution in [3.05, 3.63) is 30.1 Å². The largest absolute Gasteiger partial charge is 0.478 e. The summed E-state index contributed by atoms with van der Waals surface area (Å²) in [6, 6.07) is 5.13. The Labute approximate surface area is 125 Å². The lowest BCUT2D eigenvalue weighted by Gasteiger charge is -2.06. The molecule has 0 unspecified atom stereocenters. The maximum Gasteiger partial charge on any atom is 0.335 e. The zero-order chi connectivity index (χ0) is 15.2. The van der Waals surface area contributed by atoms with Crippen molar-refractivity contribution in [2.45, 2.75) is 52.5 Å². The summed E-state index contributed by atoms with van der Waals surface area (Å²) in [4.78, 5) is 15.2. The molecule has 1 aromatic carbocycles. The first kappa shape index (κ1) is 15.5. The van der Waals surface area contributed by atoms with E-state index in [-0.39, 0.29) is 0 Å². The summed E-state index contributed by atoms with van der Waals surface area (Å²) in [7, 11) is 0. The van der Waals surface area contributed by atoms with E-state index in [1.807, 2.05) is 12.4 Å². The van der Waals surface area contributed by atoms with Crippen molar-refractivity contribution in [3.8, 4) is 0 Å². The van der Waals surface area contributed by atoms with Crippen LogP contribution >= 0.6 is 0 Å². The first-order valence-corrected chi connectivity index (χ1v) is 7.76. The normalized spacial score (nSPS) is 11.4. The number of benzene rings is 1. The molecule has 2 rings (SSSR count). The number of aryl methyl sites for hydroxylation is 1. The number of unbranched alkanes of at least 4 members (excludes halogenated alkanes) is 3. The average Bonchev–Trinajstić information content (AvgIpc) is 2.84. The molecule has 4 nitrogen and oxygen atoms in total. The Kier molecular flexibility index (Phi) is 5.37. The fraction of sp³-hybridized carbons (Fsp3) is 0.529. The van der Waals surface area contributed by atoms with Crippen LogP contribution in [0.4, 0.5) is 0 Å². The minimum absolute atomic E-state index is 0.293. The van der Waals surface area contributed by atoms with E-state index in [1.54, 1.807) is 12.1 Å². The molecule has 1 heterocycles. The van der Waals surface area contributed by atoms with E-state index in [4.69, 9.17) is 5.11 Å². The van der Waals surface area contributed by atoms with Gasteiger partial charge < -0.3 is 9.67 Å². The van der Waals surface area contributed by atoms with Gasteiger partial charge in [0.15, 0.2) is 0 Å². The van der Waals surface area contributed by atoms with Gasteiger partial charge in [-0.3, -0.25) is 0 Å². The molecule has 0 atom stereocenters. The summed E-state index contributed by atoms with van der Waals surface area (Å²) in [6.45, 7) is 5.48. The van der Waals surface area contributed by atoms with Crippen LogP contribution in [0.15, 0.2) is 24.5 Å². The van der Waals surface area contributed by atoms with Gasteiger partial charge in [-0.15, -0.1) is 0 Å². The van der Waals surface area contributed by atoms with E-state index >= 15 is 0 Å². The maximum atomic E-state index is 10.9. The van der Waals surface area contributed by atoms with Crippen LogP contribution in [-0.4, -0.2) is 20.6 Å². The van der Waals surface area contributed by atoms with Crippen LogP contribution in [-0.2, 0) is 6.54 Å². The summed E-state index contributed by atoms with van der Waals surface area (Å²) < 4.78 is 2.11. The monoisotopic (exact) mass is 288 g/mol. The molecule has 0 saturated carbocycles. The highest BCUT2D eigenvalue weighted by Crippen LogP contribution is 2.16. The molecule has 4 heteroatoms. The fourth-order valence-electron chi connectivity index (χ4n) is 2.56. The van der Waals surface area contributed by atoms with Crippen LogP contribution in [0.1, 0.15) is 56.3 Å². The summed E-state index contributed by atoms with van der Waals surface area (Å²) in [5.41, 5.74) is 2.07. The number of rotatable bonds is 8. The molecule has 0 saturated heterocycles. The minimum atomic E-state index is -0.906. The average molecular weight is 288 g/mol. The molecule has 0 aliphatic heterocycles. The molecule has 1 N–H and O–H groups in total. The number of nitrogens with zero attached hydrogens (tertiary/aromatic N) is 2. The third kappa shape index (κ3) is 4.31. The number of hydrogen-bond acceptors (Lipinski definition) is 2. The number of carboxylic acid groups (broad SMARTS) is 1. The van der Waals surface area contributed by atoms with Crippen LogP contribution in [0, 0.1) is 5.92 Å². The van der Waals surface area contributed by atoms with Crippen molar-refractivity contribution in [1.29, 1.82) is 0 Å². The summed E-state index contributed by atoms with van der Waals surface area (Å²) in [5, 5.41) is 8.98. The summed E-state index contributed by atoms with van der Waals surface area (Å²) in [5.74, 6) is -0.109. The lowest BCUT2D eigenvalue weighted by Crippen LogP contribution is -1.98. The number of hydrogen-bond donors (Lipinski definition) is 1. The number of imidazole rings is 1. The first-order valence-electron chi connectivity index (χ1n) is 7.76. The standard InChI is InChI=1S/C17H24N2O2/c1-13(2)7-5-3-4-6-10-19-12-18-15-11-14(17(20)21)8-9-16(15)19/h8-9,11-13H,3-7,10H2,1-2H3,(H,20,21). The maximum absolute atomic E-state index is 10.9. The topological polar surface area (TPSA) is 55.1 Å². The van der Waals surface area contributed by atoms with E-state index in [0.29, 0.717) is 5.56 Å². The Morgan fingerprint density at radius 2 is 2.00 bits per heavy atom. The van der Waals surface area contributed by atoms with Crippen LogP contribution in [0.2, 0.25) is 0 Å². The predicted octanol–water partition coefficient (Wildman–Crippen LogP) is 4.34. The molecule has 0 bridgehead atoms. The number of carboxylic acids is 1. The molecule has 0 spiro atoms. The second-order valence-corrected chi connectivity index (χ2v) is 6.04. The Hall–Kier alpha value is -1.84. The number of fused-ring (bicyclic) bond motifs is 1. The zero-order valence-corrected chi connectivity index (χ0v) is 12.9. The van der Waals surface area contributed by atoms with Crippen molar-refractivity contribution in [1.82, 2.24) is 9.55 Å². The van der Waals surface area contributed by atoms with Gasteiger partial charge in [0, 0.05) is 6.54 Å². The van der Waals surface area contributed by atoms with Crippen molar-refractivity contribution in [3.63, 3.8) is 0 Å². The molecule has 0 radical (unpaired) electrons. The van der Waals surface area contributed by atoms with Crippen LogP contribution in [0.25, 0.3) is 11.0 Å². The van der Waals surface area contributed by atoms with E-state index in [2.05, 4.69) is 23.4 Å².